The van der Waals surface area contributed by atoms with Crippen molar-refractivity contribution in [2.45, 2.75) is 32.4 Å². The number of likely N-dealkylation sites (N-methyl/N-ethyl adjacent to an activating group) is 1. The molecular formula is C21H24ClN5O. The van der Waals surface area contributed by atoms with Crippen LogP contribution >= 0.6 is 11.6 Å². The molecule has 6 nitrogen and oxygen atoms in total. The molecule has 3 rings (SSSR count). The molecule has 1 N–H and O–H groups in total. The first kappa shape index (κ1) is 20.0. The van der Waals surface area contributed by atoms with Crippen LogP contribution in [0.3, 0.4) is 0 Å². The predicted octanol–water partition coefficient (Wildman–Crippen LogP) is 3.73. The SMILES string of the molecule is Cc1cc(CNC(=O)N(C)[C@@H]2CCCN(c3cccc(C#N)n3)C2)ccc1Cl. The number of nitrogens with one attached hydrogen (secondary N) is 1. The quantitative estimate of drug-likeness (QED) is 0.853. The lowest BCUT2D eigenvalue weighted by molar-refractivity contribution is 0.182. The summed E-state index contributed by atoms with van der Waals surface area (Å²) in [5, 5.41) is 12.8. The van der Waals surface area contributed by atoms with Crippen LogP contribution in [0.4, 0.5) is 10.6 Å². The summed E-state index contributed by atoms with van der Waals surface area (Å²) in [5.74, 6) is 0.786. The van der Waals surface area contributed by atoms with E-state index in [9.17, 15) is 4.79 Å². The fourth-order valence-corrected chi connectivity index (χ4v) is 3.54. The number of hydrogen-bond donors (Lipinski definition) is 1. The molecule has 1 fully saturated rings. The van der Waals surface area contributed by atoms with Gasteiger partial charge in [-0.15, -0.1) is 0 Å². The van der Waals surface area contributed by atoms with Gasteiger partial charge in [0, 0.05) is 31.7 Å². The second kappa shape index (κ2) is 8.94. The zero-order chi connectivity index (χ0) is 20.1. The van der Waals surface area contributed by atoms with Crippen molar-refractivity contribution in [2.24, 2.45) is 0 Å². The maximum atomic E-state index is 12.6. The summed E-state index contributed by atoms with van der Waals surface area (Å²) in [6.07, 6.45) is 1.91. The number of anilines is 1. The maximum absolute atomic E-state index is 12.6. The summed E-state index contributed by atoms with van der Waals surface area (Å²) in [5.41, 5.74) is 2.42. The number of amides is 2. The molecular weight excluding hydrogens is 374 g/mol. The highest BCUT2D eigenvalue weighted by Crippen LogP contribution is 2.21. The molecule has 7 heteroatoms. The van der Waals surface area contributed by atoms with Crippen LogP contribution in [0.25, 0.3) is 0 Å². The number of aryl methyl sites for hydroxylation is 1. The van der Waals surface area contributed by atoms with E-state index in [1.54, 1.807) is 11.0 Å². The summed E-state index contributed by atoms with van der Waals surface area (Å²) in [4.78, 5) is 20.9. The Balaban J connectivity index is 1.59. The van der Waals surface area contributed by atoms with E-state index in [0.717, 1.165) is 41.4 Å². The van der Waals surface area contributed by atoms with Crippen LogP contribution in [0.1, 0.15) is 29.7 Å². The summed E-state index contributed by atoms with van der Waals surface area (Å²) in [6, 6.07) is 13.3. The smallest absolute Gasteiger partial charge is 0.317 e. The van der Waals surface area contributed by atoms with Gasteiger partial charge in [0.15, 0.2) is 0 Å². The van der Waals surface area contributed by atoms with Crippen molar-refractivity contribution in [3.63, 3.8) is 0 Å². The number of piperidine rings is 1. The molecule has 0 spiro atoms. The Hall–Kier alpha value is -2.78. The molecule has 0 aliphatic carbocycles. The number of benzene rings is 1. The Bertz CT molecular complexity index is 895. The number of pyridine rings is 1. The van der Waals surface area contributed by atoms with Gasteiger partial charge >= 0.3 is 6.03 Å². The highest BCUT2D eigenvalue weighted by atomic mass is 35.5. The third-order valence-electron chi connectivity index (χ3n) is 5.10. The van der Waals surface area contributed by atoms with Crippen LogP contribution in [0.5, 0.6) is 0 Å². The first-order valence-corrected chi connectivity index (χ1v) is 9.73. The number of nitriles is 1. The van der Waals surface area contributed by atoms with E-state index in [4.69, 9.17) is 16.9 Å². The number of rotatable bonds is 4. The summed E-state index contributed by atoms with van der Waals surface area (Å²) >= 11 is 6.06. The van der Waals surface area contributed by atoms with E-state index in [-0.39, 0.29) is 12.1 Å². The molecule has 1 saturated heterocycles. The molecule has 1 aromatic heterocycles. The van der Waals surface area contributed by atoms with Crippen molar-refractivity contribution in [3.05, 3.63) is 58.2 Å². The second-order valence-electron chi connectivity index (χ2n) is 7.09. The van der Waals surface area contributed by atoms with Gasteiger partial charge < -0.3 is 15.1 Å². The van der Waals surface area contributed by atoms with E-state index in [0.29, 0.717) is 18.8 Å². The lowest BCUT2D eigenvalue weighted by atomic mass is 10.0. The Labute approximate surface area is 170 Å². The number of urea groups is 1. The van der Waals surface area contributed by atoms with Gasteiger partial charge in [-0.1, -0.05) is 29.8 Å². The summed E-state index contributed by atoms with van der Waals surface area (Å²) in [7, 11) is 1.83. The van der Waals surface area contributed by atoms with E-state index >= 15 is 0 Å². The number of nitrogens with zero attached hydrogens (tertiary/aromatic N) is 4. The van der Waals surface area contributed by atoms with Gasteiger partial charge in [-0.25, -0.2) is 9.78 Å². The first-order valence-electron chi connectivity index (χ1n) is 9.35. The van der Waals surface area contributed by atoms with Crippen molar-refractivity contribution in [3.8, 4) is 6.07 Å². The van der Waals surface area contributed by atoms with Gasteiger partial charge in [-0.2, -0.15) is 5.26 Å². The van der Waals surface area contributed by atoms with Crippen LogP contribution in [0.2, 0.25) is 5.02 Å². The third kappa shape index (κ3) is 4.73. The predicted molar refractivity (Wildman–Crippen MR) is 110 cm³/mol. The minimum absolute atomic E-state index is 0.0910. The van der Waals surface area contributed by atoms with E-state index < -0.39 is 0 Å². The molecule has 1 aliphatic rings. The molecule has 1 aromatic carbocycles. The molecule has 28 heavy (non-hydrogen) atoms. The summed E-state index contributed by atoms with van der Waals surface area (Å²) in [6.45, 7) is 3.98. The van der Waals surface area contributed by atoms with Crippen molar-refractivity contribution >= 4 is 23.4 Å². The average Bonchev–Trinajstić information content (AvgIpc) is 2.74. The lowest BCUT2D eigenvalue weighted by Gasteiger charge is -2.38. The molecule has 0 saturated carbocycles. The van der Waals surface area contributed by atoms with E-state index in [2.05, 4.69) is 21.3 Å². The summed E-state index contributed by atoms with van der Waals surface area (Å²) < 4.78 is 0. The Morgan fingerprint density at radius 3 is 3.00 bits per heavy atom. The fraction of sp³-hybridized carbons (Fsp3) is 0.381. The number of halogens is 1. The minimum Gasteiger partial charge on any atom is -0.355 e. The Morgan fingerprint density at radius 2 is 2.25 bits per heavy atom. The molecule has 0 bridgehead atoms. The molecule has 2 heterocycles. The highest BCUT2D eigenvalue weighted by Gasteiger charge is 2.26. The van der Waals surface area contributed by atoms with Crippen molar-refractivity contribution < 1.29 is 4.79 Å². The lowest BCUT2D eigenvalue weighted by Crippen LogP contribution is -2.51. The van der Waals surface area contributed by atoms with Gasteiger partial charge in [0.05, 0.1) is 6.04 Å². The van der Waals surface area contributed by atoms with Gasteiger partial charge in [-0.05, 0) is 49.1 Å². The van der Waals surface area contributed by atoms with Crippen LogP contribution in [0.15, 0.2) is 36.4 Å². The zero-order valence-corrected chi connectivity index (χ0v) is 16.9. The van der Waals surface area contributed by atoms with Crippen LogP contribution < -0.4 is 10.2 Å². The first-order chi connectivity index (χ1) is 13.5. The monoisotopic (exact) mass is 397 g/mol. The second-order valence-corrected chi connectivity index (χ2v) is 7.50. The number of aromatic nitrogens is 1. The number of hydrogen-bond acceptors (Lipinski definition) is 4. The molecule has 2 amide bonds. The largest absolute Gasteiger partial charge is 0.355 e. The van der Waals surface area contributed by atoms with Crippen LogP contribution in [-0.2, 0) is 6.54 Å². The van der Waals surface area contributed by atoms with E-state index in [1.165, 1.54) is 0 Å². The van der Waals surface area contributed by atoms with E-state index in [1.807, 2.05) is 44.3 Å². The molecule has 0 unspecified atom stereocenters. The van der Waals surface area contributed by atoms with Crippen molar-refractivity contribution in [1.82, 2.24) is 15.2 Å². The van der Waals surface area contributed by atoms with Crippen LogP contribution in [0, 0.1) is 18.3 Å². The maximum Gasteiger partial charge on any atom is 0.317 e. The van der Waals surface area contributed by atoms with Crippen LogP contribution in [-0.4, -0.2) is 42.1 Å². The Kier molecular flexibility index (Phi) is 6.37. The minimum atomic E-state index is -0.0989. The number of carbonyl (C=O) groups excluding carboxylic acids is 1. The topological polar surface area (TPSA) is 72.3 Å². The third-order valence-corrected chi connectivity index (χ3v) is 5.53. The van der Waals surface area contributed by atoms with Gasteiger partial charge in [0.25, 0.3) is 0 Å². The highest BCUT2D eigenvalue weighted by molar-refractivity contribution is 6.31. The Morgan fingerprint density at radius 1 is 1.43 bits per heavy atom. The fourth-order valence-electron chi connectivity index (χ4n) is 3.43. The zero-order valence-electron chi connectivity index (χ0n) is 16.2. The van der Waals surface area contributed by atoms with Gasteiger partial charge in [0.1, 0.15) is 17.6 Å². The number of carbonyl (C=O) groups is 1. The van der Waals surface area contributed by atoms with Crippen molar-refractivity contribution in [1.29, 1.82) is 5.26 Å². The molecule has 2 aromatic rings. The average molecular weight is 398 g/mol. The van der Waals surface area contributed by atoms with Gasteiger partial charge in [0.2, 0.25) is 0 Å². The molecule has 0 radical (unpaired) electrons. The van der Waals surface area contributed by atoms with Gasteiger partial charge in [-0.3, -0.25) is 0 Å². The molecule has 146 valence electrons. The molecule has 1 aliphatic heterocycles. The van der Waals surface area contributed by atoms with Crippen molar-refractivity contribution in [2.75, 3.05) is 25.0 Å². The molecule has 1 atom stereocenters. The standard InChI is InChI=1S/C21H24ClN5O/c1-15-11-16(8-9-19(15)22)13-24-21(28)26(2)18-6-4-10-27(14-18)20-7-3-5-17(12-23)25-20/h3,5,7-9,11,18H,4,6,10,13-14H2,1-2H3,(H,24,28)/t18-/m1/s1. The normalized spacial score (nSPS) is 16.4.